The van der Waals surface area contributed by atoms with Gasteiger partial charge in [-0.2, -0.15) is 26.3 Å². The molecule has 0 saturated carbocycles. The molecule has 2 nitrogen and oxygen atoms in total. The highest BCUT2D eigenvalue weighted by atomic mass is 19.4. The molecule has 0 bridgehead atoms. The summed E-state index contributed by atoms with van der Waals surface area (Å²) >= 11 is 0. The Morgan fingerprint density at radius 1 is 0.590 bits per heavy atom. The lowest BCUT2D eigenvalue weighted by Crippen LogP contribution is -2.49. The topological polar surface area (TPSA) is 29.1 Å². The van der Waals surface area contributed by atoms with Crippen LogP contribution in [0, 0.1) is 11.6 Å². The molecule has 4 aromatic rings. The molecule has 0 aliphatic rings. The Morgan fingerprint density at radius 2 is 1.05 bits per heavy atom. The third-order valence-corrected chi connectivity index (χ3v) is 6.13. The Bertz CT molecular complexity index is 1400. The summed E-state index contributed by atoms with van der Waals surface area (Å²) in [6.07, 6.45) is -9.91. The predicted molar refractivity (Wildman–Crippen MR) is 128 cm³/mol. The van der Waals surface area contributed by atoms with E-state index in [1.54, 1.807) is 30.3 Å². The van der Waals surface area contributed by atoms with Gasteiger partial charge in [0.15, 0.2) is 0 Å². The highest BCUT2D eigenvalue weighted by Gasteiger charge is 2.41. The largest absolute Gasteiger partial charge is 0.416 e. The summed E-state index contributed by atoms with van der Waals surface area (Å²) < 4.78 is 110. The zero-order valence-corrected chi connectivity index (χ0v) is 19.9. The molecule has 0 fully saturated rings. The minimum Gasteiger partial charge on any atom is -0.338 e. The molecule has 0 aliphatic heterocycles. The maximum absolute atomic E-state index is 13.9. The smallest absolute Gasteiger partial charge is 0.338 e. The number of benzene rings is 4. The van der Waals surface area contributed by atoms with Gasteiger partial charge < -0.3 is 5.32 Å². The molecular weight excluding hydrogens is 530 g/mol. The standard InChI is InChI=1S/C29H19F8NO/c30-24-12-19(13-25(31)16-24)26(39)38-27(17-18-6-2-1-3-7-18,20-8-4-10-22(14-20)28(32,33)34)21-9-5-11-23(15-21)29(35,36)37/h1-16H,17H2,(H,38,39). The molecule has 4 rings (SSSR count). The lowest BCUT2D eigenvalue weighted by atomic mass is 9.76. The van der Waals surface area contributed by atoms with E-state index in [-0.39, 0.29) is 17.5 Å². The van der Waals surface area contributed by atoms with Crippen LogP contribution in [0.3, 0.4) is 0 Å². The molecule has 0 spiro atoms. The van der Waals surface area contributed by atoms with E-state index in [1.807, 2.05) is 0 Å². The minimum atomic E-state index is -4.81. The number of hydrogen-bond donors (Lipinski definition) is 1. The fraction of sp³-hybridized carbons (Fsp3) is 0.138. The first kappa shape index (κ1) is 27.8. The molecule has 0 atom stereocenters. The van der Waals surface area contributed by atoms with Gasteiger partial charge in [0, 0.05) is 18.1 Å². The second-order valence-corrected chi connectivity index (χ2v) is 8.84. The van der Waals surface area contributed by atoms with Gasteiger partial charge in [-0.25, -0.2) is 8.78 Å². The SMILES string of the molecule is O=C(NC(Cc1ccccc1)(c1cccc(C(F)(F)F)c1)c1cccc(C(F)(F)F)c1)c1cc(F)cc(F)c1. The minimum absolute atomic E-state index is 0.189. The number of carbonyl (C=O) groups is 1. The van der Waals surface area contributed by atoms with Crippen molar-refractivity contribution in [1.82, 2.24) is 5.32 Å². The molecule has 39 heavy (non-hydrogen) atoms. The molecule has 202 valence electrons. The summed E-state index contributed by atoms with van der Waals surface area (Å²) in [4.78, 5) is 13.4. The van der Waals surface area contributed by atoms with Gasteiger partial charge in [0.05, 0.1) is 16.7 Å². The quantitative estimate of drug-likeness (QED) is 0.243. The van der Waals surface area contributed by atoms with E-state index >= 15 is 0 Å². The van der Waals surface area contributed by atoms with Crippen LogP contribution in [-0.4, -0.2) is 5.91 Å². The van der Waals surface area contributed by atoms with Crippen LogP contribution in [0.5, 0.6) is 0 Å². The summed E-state index contributed by atoms with van der Waals surface area (Å²) in [5, 5.41) is 2.53. The van der Waals surface area contributed by atoms with Crippen LogP contribution in [0.2, 0.25) is 0 Å². The van der Waals surface area contributed by atoms with Gasteiger partial charge in [-0.1, -0.05) is 54.6 Å². The molecule has 0 aliphatic carbocycles. The molecular formula is C29H19F8NO. The fourth-order valence-corrected chi connectivity index (χ4v) is 4.33. The zero-order chi connectivity index (χ0) is 28.4. The van der Waals surface area contributed by atoms with Gasteiger partial charge in [0.25, 0.3) is 5.91 Å². The first-order valence-corrected chi connectivity index (χ1v) is 11.5. The number of nitrogens with one attached hydrogen (secondary N) is 1. The molecule has 1 N–H and O–H groups in total. The lowest BCUT2D eigenvalue weighted by molar-refractivity contribution is -0.138. The molecule has 0 aromatic heterocycles. The summed E-state index contributed by atoms with van der Waals surface area (Å²) in [5.74, 6) is -3.29. The van der Waals surface area contributed by atoms with Gasteiger partial charge in [-0.15, -0.1) is 0 Å². The average molecular weight is 549 g/mol. The maximum atomic E-state index is 13.9. The molecule has 0 unspecified atom stereocenters. The Hall–Kier alpha value is -4.21. The van der Waals surface area contributed by atoms with Crippen molar-refractivity contribution in [1.29, 1.82) is 0 Å². The van der Waals surface area contributed by atoms with Gasteiger partial charge in [0.1, 0.15) is 11.6 Å². The first-order valence-electron chi connectivity index (χ1n) is 11.5. The van der Waals surface area contributed by atoms with Crippen molar-refractivity contribution in [3.8, 4) is 0 Å². The van der Waals surface area contributed by atoms with Crippen molar-refractivity contribution in [2.45, 2.75) is 24.3 Å². The van der Waals surface area contributed by atoms with Crippen LogP contribution in [0.1, 0.15) is 38.2 Å². The summed E-state index contributed by atoms with van der Waals surface area (Å²) in [6.45, 7) is 0. The second kappa shape index (κ2) is 10.5. The second-order valence-electron chi connectivity index (χ2n) is 8.84. The van der Waals surface area contributed by atoms with Crippen LogP contribution in [0.25, 0.3) is 0 Å². The van der Waals surface area contributed by atoms with Gasteiger partial charge >= 0.3 is 12.4 Å². The van der Waals surface area contributed by atoms with Gasteiger partial charge in [0.2, 0.25) is 0 Å². The van der Waals surface area contributed by atoms with Crippen molar-refractivity contribution < 1.29 is 39.9 Å². The van der Waals surface area contributed by atoms with E-state index in [9.17, 15) is 39.9 Å². The van der Waals surface area contributed by atoms with E-state index in [4.69, 9.17) is 0 Å². The van der Waals surface area contributed by atoms with Crippen molar-refractivity contribution in [3.63, 3.8) is 0 Å². The normalized spacial score (nSPS) is 12.3. The lowest BCUT2D eigenvalue weighted by Gasteiger charge is -2.37. The number of alkyl halides is 6. The summed E-state index contributed by atoms with van der Waals surface area (Å²) in [6, 6.07) is 17.7. The first-order chi connectivity index (χ1) is 18.3. The Kier molecular flexibility index (Phi) is 7.50. The van der Waals surface area contributed by atoms with Crippen LogP contribution in [0.4, 0.5) is 35.1 Å². The van der Waals surface area contributed by atoms with Gasteiger partial charge in [-0.3, -0.25) is 4.79 Å². The van der Waals surface area contributed by atoms with E-state index < -0.39 is 52.1 Å². The van der Waals surface area contributed by atoms with Crippen molar-refractivity contribution in [3.05, 3.63) is 142 Å². The fourth-order valence-electron chi connectivity index (χ4n) is 4.33. The number of hydrogen-bond acceptors (Lipinski definition) is 1. The number of amides is 1. The van der Waals surface area contributed by atoms with Crippen LogP contribution in [-0.2, 0) is 24.3 Å². The Balaban J connectivity index is 2.01. The van der Waals surface area contributed by atoms with Crippen LogP contribution < -0.4 is 5.32 Å². The molecule has 10 heteroatoms. The number of halogens is 8. The Labute approximate surface area is 217 Å². The third-order valence-electron chi connectivity index (χ3n) is 6.13. The number of rotatable bonds is 6. The monoisotopic (exact) mass is 549 g/mol. The van der Waals surface area contributed by atoms with E-state index in [2.05, 4.69) is 5.32 Å². The third kappa shape index (κ3) is 6.27. The zero-order valence-electron chi connectivity index (χ0n) is 19.9. The van der Waals surface area contributed by atoms with E-state index in [0.29, 0.717) is 23.8 Å². The van der Waals surface area contributed by atoms with Crippen LogP contribution in [0.15, 0.2) is 97.1 Å². The van der Waals surface area contributed by atoms with E-state index in [1.165, 1.54) is 12.1 Å². The maximum Gasteiger partial charge on any atom is 0.416 e. The van der Waals surface area contributed by atoms with Crippen molar-refractivity contribution in [2.75, 3.05) is 0 Å². The molecule has 1 amide bonds. The van der Waals surface area contributed by atoms with E-state index in [0.717, 1.165) is 36.4 Å². The highest BCUT2D eigenvalue weighted by Crippen LogP contribution is 2.40. The average Bonchev–Trinajstić information content (AvgIpc) is 2.87. The summed E-state index contributed by atoms with van der Waals surface area (Å²) in [7, 11) is 0. The van der Waals surface area contributed by atoms with Crippen molar-refractivity contribution >= 4 is 5.91 Å². The molecule has 4 aromatic carbocycles. The molecule has 0 saturated heterocycles. The predicted octanol–water partition coefficient (Wildman–Crippen LogP) is 7.92. The van der Waals surface area contributed by atoms with Gasteiger partial charge in [-0.05, 0) is 53.1 Å². The number of carbonyl (C=O) groups excluding carboxylic acids is 1. The molecule has 0 radical (unpaired) electrons. The summed E-state index contributed by atoms with van der Waals surface area (Å²) in [5.41, 5.74) is -4.66. The Morgan fingerprint density at radius 3 is 1.51 bits per heavy atom. The van der Waals surface area contributed by atoms with Crippen molar-refractivity contribution in [2.24, 2.45) is 0 Å². The molecule has 0 heterocycles. The van der Waals surface area contributed by atoms with Crippen LogP contribution >= 0.6 is 0 Å². The highest BCUT2D eigenvalue weighted by molar-refractivity contribution is 5.95.